The summed E-state index contributed by atoms with van der Waals surface area (Å²) in [5.41, 5.74) is 3.37. The summed E-state index contributed by atoms with van der Waals surface area (Å²) in [7, 11) is 0. The van der Waals surface area contributed by atoms with E-state index in [0.717, 1.165) is 23.4 Å². The topological polar surface area (TPSA) is 64.1 Å². The Kier molecular flexibility index (Phi) is 6.20. The second-order valence-electron chi connectivity index (χ2n) is 5.75. The van der Waals surface area contributed by atoms with E-state index >= 15 is 0 Å². The molecular formula is C19H18ClN3O2S. The van der Waals surface area contributed by atoms with Crippen molar-refractivity contribution in [1.29, 1.82) is 0 Å². The number of benzene rings is 2. The van der Waals surface area contributed by atoms with E-state index in [9.17, 15) is 4.79 Å². The van der Waals surface area contributed by atoms with Crippen LogP contribution in [-0.4, -0.2) is 21.2 Å². The van der Waals surface area contributed by atoms with E-state index in [-0.39, 0.29) is 5.91 Å². The smallest absolute Gasteiger partial charge is 0.251 e. The first-order valence-electron chi connectivity index (χ1n) is 8.15. The lowest BCUT2D eigenvalue weighted by atomic mass is 10.1. The van der Waals surface area contributed by atoms with Crippen molar-refractivity contribution in [2.75, 3.05) is 6.54 Å². The molecule has 0 radical (unpaired) electrons. The molecule has 134 valence electrons. The van der Waals surface area contributed by atoms with Gasteiger partial charge in [0.2, 0.25) is 0 Å². The fourth-order valence-electron chi connectivity index (χ4n) is 2.33. The molecule has 1 aromatic heterocycles. The van der Waals surface area contributed by atoms with E-state index in [1.807, 2.05) is 37.3 Å². The molecule has 1 amide bonds. The molecule has 1 heterocycles. The van der Waals surface area contributed by atoms with Crippen LogP contribution in [0, 0.1) is 6.92 Å². The maximum absolute atomic E-state index is 12.3. The zero-order chi connectivity index (χ0) is 18.4. The van der Waals surface area contributed by atoms with Crippen molar-refractivity contribution in [1.82, 2.24) is 14.1 Å². The van der Waals surface area contributed by atoms with Crippen molar-refractivity contribution >= 4 is 29.2 Å². The fraction of sp³-hybridized carbons (Fsp3) is 0.211. The number of amides is 1. The molecule has 0 aliphatic carbocycles. The number of aromatic nitrogens is 2. The lowest BCUT2D eigenvalue weighted by Crippen LogP contribution is -2.25. The van der Waals surface area contributed by atoms with Gasteiger partial charge in [-0.05, 0) is 49.2 Å². The third kappa shape index (κ3) is 5.03. The lowest BCUT2D eigenvalue weighted by molar-refractivity contribution is 0.0953. The SMILES string of the molecule is Cc1nsnc1COc1cccc(C(=O)NCCc2ccc(Cl)cc2)c1. The zero-order valence-corrected chi connectivity index (χ0v) is 15.8. The van der Waals surface area contributed by atoms with Gasteiger partial charge in [-0.25, -0.2) is 0 Å². The maximum Gasteiger partial charge on any atom is 0.251 e. The van der Waals surface area contributed by atoms with Gasteiger partial charge in [-0.2, -0.15) is 8.75 Å². The van der Waals surface area contributed by atoms with Crippen LogP contribution in [0.4, 0.5) is 0 Å². The lowest BCUT2D eigenvalue weighted by Gasteiger charge is -2.08. The van der Waals surface area contributed by atoms with Crippen molar-refractivity contribution in [2.24, 2.45) is 0 Å². The molecule has 0 aliphatic rings. The number of halogens is 1. The predicted octanol–water partition coefficient (Wildman–Crippen LogP) is 4.05. The molecular weight excluding hydrogens is 370 g/mol. The first kappa shape index (κ1) is 18.4. The largest absolute Gasteiger partial charge is 0.487 e. The van der Waals surface area contributed by atoms with Crippen LogP contribution in [0.3, 0.4) is 0 Å². The van der Waals surface area contributed by atoms with Gasteiger partial charge in [-0.3, -0.25) is 4.79 Å². The monoisotopic (exact) mass is 387 g/mol. The van der Waals surface area contributed by atoms with Crippen LogP contribution in [0.1, 0.15) is 27.3 Å². The molecule has 3 aromatic rings. The molecule has 1 N–H and O–H groups in total. The van der Waals surface area contributed by atoms with Gasteiger partial charge in [0.15, 0.2) is 0 Å². The summed E-state index contributed by atoms with van der Waals surface area (Å²) < 4.78 is 14.0. The van der Waals surface area contributed by atoms with Crippen LogP contribution in [0.5, 0.6) is 5.75 Å². The van der Waals surface area contributed by atoms with Crippen molar-refractivity contribution in [3.05, 3.63) is 76.1 Å². The number of ether oxygens (including phenoxy) is 1. The van der Waals surface area contributed by atoms with E-state index in [2.05, 4.69) is 14.1 Å². The number of carbonyl (C=O) groups is 1. The number of nitrogens with one attached hydrogen (secondary N) is 1. The molecule has 5 nitrogen and oxygen atoms in total. The second-order valence-corrected chi connectivity index (χ2v) is 6.71. The Balaban J connectivity index is 1.52. The fourth-order valence-corrected chi connectivity index (χ4v) is 3.01. The van der Waals surface area contributed by atoms with Crippen LogP contribution in [0.2, 0.25) is 5.02 Å². The van der Waals surface area contributed by atoms with Crippen LogP contribution >= 0.6 is 23.3 Å². The predicted molar refractivity (Wildman–Crippen MR) is 103 cm³/mol. The summed E-state index contributed by atoms with van der Waals surface area (Å²) in [4.78, 5) is 12.3. The van der Waals surface area contributed by atoms with Gasteiger partial charge in [-0.1, -0.05) is 29.8 Å². The molecule has 0 unspecified atom stereocenters. The van der Waals surface area contributed by atoms with Crippen LogP contribution < -0.4 is 10.1 Å². The first-order valence-corrected chi connectivity index (χ1v) is 9.26. The minimum atomic E-state index is -0.129. The molecule has 0 saturated carbocycles. The zero-order valence-electron chi connectivity index (χ0n) is 14.2. The Hall–Kier alpha value is -2.44. The van der Waals surface area contributed by atoms with Gasteiger partial charge < -0.3 is 10.1 Å². The van der Waals surface area contributed by atoms with Crippen LogP contribution in [0.25, 0.3) is 0 Å². The average molecular weight is 388 g/mol. The van der Waals surface area contributed by atoms with Crippen molar-refractivity contribution in [3.63, 3.8) is 0 Å². The van der Waals surface area contributed by atoms with Gasteiger partial charge in [0.1, 0.15) is 18.1 Å². The van der Waals surface area contributed by atoms with Crippen molar-refractivity contribution < 1.29 is 9.53 Å². The normalized spacial score (nSPS) is 10.5. The number of carbonyl (C=O) groups excluding carboxylic acids is 1. The van der Waals surface area contributed by atoms with E-state index in [1.54, 1.807) is 18.2 Å². The average Bonchev–Trinajstić information content (AvgIpc) is 3.07. The molecule has 0 fully saturated rings. The highest BCUT2D eigenvalue weighted by Crippen LogP contribution is 2.16. The quantitative estimate of drug-likeness (QED) is 0.664. The third-order valence-electron chi connectivity index (χ3n) is 3.83. The van der Waals surface area contributed by atoms with Gasteiger partial charge in [-0.15, -0.1) is 0 Å². The number of hydrogen-bond donors (Lipinski definition) is 1. The number of rotatable bonds is 7. The summed E-state index contributed by atoms with van der Waals surface area (Å²) in [6.45, 7) is 2.78. The number of hydrogen-bond acceptors (Lipinski definition) is 5. The summed E-state index contributed by atoms with van der Waals surface area (Å²) >= 11 is 7.04. The van der Waals surface area contributed by atoms with E-state index in [0.29, 0.717) is 29.5 Å². The highest BCUT2D eigenvalue weighted by molar-refractivity contribution is 6.99. The van der Waals surface area contributed by atoms with E-state index in [1.165, 1.54) is 11.7 Å². The van der Waals surface area contributed by atoms with Gasteiger partial charge in [0, 0.05) is 17.1 Å². The summed E-state index contributed by atoms with van der Waals surface area (Å²) in [5.74, 6) is 0.499. The van der Waals surface area contributed by atoms with Gasteiger partial charge >= 0.3 is 0 Å². The van der Waals surface area contributed by atoms with Crippen LogP contribution in [-0.2, 0) is 13.0 Å². The molecule has 0 aliphatic heterocycles. The molecule has 0 spiro atoms. The maximum atomic E-state index is 12.3. The molecule has 3 rings (SSSR count). The highest BCUT2D eigenvalue weighted by Gasteiger charge is 2.08. The standard InChI is InChI=1S/C19H18ClN3O2S/c1-13-18(23-26-22-13)12-25-17-4-2-3-15(11-17)19(24)21-10-9-14-5-7-16(20)8-6-14/h2-8,11H,9-10,12H2,1H3,(H,21,24). The number of nitrogens with zero attached hydrogens (tertiary/aromatic N) is 2. The van der Waals surface area contributed by atoms with Gasteiger partial charge in [0.25, 0.3) is 5.91 Å². The highest BCUT2D eigenvalue weighted by atomic mass is 35.5. The first-order chi connectivity index (χ1) is 12.6. The molecule has 26 heavy (non-hydrogen) atoms. The molecule has 0 bridgehead atoms. The molecule has 2 aromatic carbocycles. The minimum Gasteiger partial charge on any atom is -0.487 e. The Morgan fingerprint density at radius 3 is 2.73 bits per heavy atom. The Morgan fingerprint density at radius 1 is 1.19 bits per heavy atom. The summed E-state index contributed by atoms with van der Waals surface area (Å²) in [6, 6.07) is 14.7. The molecule has 7 heteroatoms. The third-order valence-corrected chi connectivity index (χ3v) is 4.74. The van der Waals surface area contributed by atoms with Gasteiger partial charge in [0.05, 0.1) is 17.4 Å². The summed E-state index contributed by atoms with van der Waals surface area (Å²) in [5, 5.41) is 3.63. The minimum absolute atomic E-state index is 0.129. The Labute approximate surface area is 161 Å². The molecule has 0 atom stereocenters. The molecule has 0 saturated heterocycles. The Morgan fingerprint density at radius 2 is 2.00 bits per heavy atom. The Bertz CT molecular complexity index is 881. The van der Waals surface area contributed by atoms with Crippen LogP contribution in [0.15, 0.2) is 48.5 Å². The van der Waals surface area contributed by atoms with E-state index < -0.39 is 0 Å². The second kappa shape index (κ2) is 8.78. The summed E-state index contributed by atoms with van der Waals surface area (Å²) in [6.07, 6.45) is 0.745. The van der Waals surface area contributed by atoms with E-state index in [4.69, 9.17) is 16.3 Å². The number of aryl methyl sites for hydroxylation is 1. The van der Waals surface area contributed by atoms with Crippen molar-refractivity contribution in [2.45, 2.75) is 20.0 Å². The van der Waals surface area contributed by atoms with Crippen molar-refractivity contribution in [3.8, 4) is 5.75 Å².